The van der Waals surface area contributed by atoms with Crippen molar-refractivity contribution in [2.45, 2.75) is 19.8 Å². The fourth-order valence-electron chi connectivity index (χ4n) is 2.79. The van der Waals surface area contributed by atoms with Gasteiger partial charge in [0.25, 0.3) is 0 Å². The number of hydrogen-bond donors (Lipinski definition) is 1. The minimum absolute atomic E-state index is 0.481. The Morgan fingerprint density at radius 3 is 2.45 bits per heavy atom. The quantitative estimate of drug-likeness (QED) is 0.494. The summed E-state index contributed by atoms with van der Waals surface area (Å²) in [4.78, 5) is 4.62. The summed E-state index contributed by atoms with van der Waals surface area (Å²) in [7, 11) is 3.20. The standard InChI is InChI=1S/C23H23N3O2S/c1-15(2)16-5-8-19(9-6-16)25-13-18(12-24)23-26-20(14-29-23)17-7-10-21(27-3)22(11-17)28-4/h5-11,13-15,25H,1-4H3/b18-13-. The minimum Gasteiger partial charge on any atom is -0.493 e. The first-order valence-corrected chi connectivity index (χ1v) is 10.1. The van der Waals surface area contributed by atoms with Crippen molar-refractivity contribution in [1.82, 2.24) is 4.98 Å². The van der Waals surface area contributed by atoms with Crippen molar-refractivity contribution in [3.63, 3.8) is 0 Å². The molecule has 3 rings (SSSR count). The smallest absolute Gasteiger partial charge is 0.161 e. The normalized spacial score (nSPS) is 11.2. The van der Waals surface area contributed by atoms with Crippen molar-refractivity contribution in [3.8, 4) is 28.8 Å². The number of allylic oxidation sites excluding steroid dienone is 1. The summed E-state index contributed by atoms with van der Waals surface area (Å²) in [6.45, 7) is 4.32. The van der Waals surface area contributed by atoms with E-state index in [-0.39, 0.29) is 0 Å². The fourth-order valence-corrected chi connectivity index (χ4v) is 3.58. The molecule has 0 fully saturated rings. The number of aromatic nitrogens is 1. The number of hydrogen-bond acceptors (Lipinski definition) is 6. The number of nitrogens with one attached hydrogen (secondary N) is 1. The van der Waals surface area contributed by atoms with E-state index in [0.717, 1.165) is 16.9 Å². The van der Waals surface area contributed by atoms with Gasteiger partial charge in [0.05, 0.1) is 19.9 Å². The lowest BCUT2D eigenvalue weighted by Crippen LogP contribution is -1.93. The van der Waals surface area contributed by atoms with Crippen LogP contribution >= 0.6 is 11.3 Å². The number of thiazole rings is 1. The van der Waals surface area contributed by atoms with Crippen LogP contribution in [0.2, 0.25) is 0 Å². The maximum absolute atomic E-state index is 9.58. The molecule has 0 saturated carbocycles. The Bertz CT molecular complexity index is 1050. The molecule has 0 atom stereocenters. The average molecular weight is 406 g/mol. The molecule has 0 bridgehead atoms. The van der Waals surface area contributed by atoms with E-state index in [2.05, 4.69) is 42.4 Å². The molecular formula is C23H23N3O2S. The third kappa shape index (κ3) is 4.76. The summed E-state index contributed by atoms with van der Waals surface area (Å²) in [6, 6.07) is 16.1. The largest absolute Gasteiger partial charge is 0.493 e. The SMILES string of the molecule is COc1ccc(-c2csc(/C(C#N)=C\Nc3ccc(C(C)C)cc3)n2)cc1OC. The Morgan fingerprint density at radius 2 is 1.83 bits per heavy atom. The van der Waals surface area contributed by atoms with E-state index >= 15 is 0 Å². The van der Waals surface area contributed by atoms with E-state index in [9.17, 15) is 5.26 Å². The van der Waals surface area contributed by atoms with Crippen LogP contribution in [-0.4, -0.2) is 19.2 Å². The molecule has 3 aromatic rings. The zero-order chi connectivity index (χ0) is 20.8. The maximum Gasteiger partial charge on any atom is 0.161 e. The molecule has 0 aliphatic carbocycles. The summed E-state index contributed by atoms with van der Waals surface area (Å²) in [5, 5.41) is 15.4. The van der Waals surface area contributed by atoms with Gasteiger partial charge in [-0.1, -0.05) is 26.0 Å². The lowest BCUT2D eigenvalue weighted by Gasteiger charge is -2.08. The van der Waals surface area contributed by atoms with Crippen LogP contribution in [0.4, 0.5) is 5.69 Å². The number of anilines is 1. The van der Waals surface area contributed by atoms with E-state index in [0.29, 0.717) is 28.0 Å². The predicted molar refractivity (Wildman–Crippen MR) is 118 cm³/mol. The molecule has 0 spiro atoms. The predicted octanol–water partition coefficient (Wildman–Crippen LogP) is 5.93. The van der Waals surface area contributed by atoms with Crippen molar-refractivity contribution >= 4 is 22.6 Å². The number of nitriles is 1. The van der Waals surface area contributed by atoms with Crippen molar-refractivity contribution in [2.75, 3.05) is 19.5 Å². The molecule has 1 aromatic heterocycles. The van der Waals surface area contributed by atoms with E-state index in [4.69, 9.17) is 9.47 Å². The van der Waals surface area contributed by atoms with Crippen LogP contribution in [0.3, 0.4) is 0 Å². The van der Waals surface area contributed by atoms with Gasteiger partial charge in [-0.05, 0) is 41.8 Å². The highest BCUT2D eigenvalue weighted by Crippen LogP contribution is 2.33. The van der Waals surface area contributed by atoms with Crippen molar-refractivity contribution in [3.05, 3.63) is 64.6 Å². The molecule has 0 amide bonds. The molecule has 0 aliphatic rings. The first-order chi connectivity index (χ1) is 14.0. The molecule has 2 aromatic carbocycles. The molecule has 1 N–H and O–H groups in total. The summed E-state index contributed by atoms with van der Waals surface area (Å²) in [5.41, 5.74) is 4.38. The van der Waals surface area contributed by atoms with Gasteiger partial charge in [0.1, 0.15) is 16.6 Å². The second-order valence-electron chi connectivity index (χ2n) is 6.70. The lowest BCUT2D eigenvalue weighted by molar-refractivity contribution is 0.355. The number of nitrogens with zero attached hydrogens (tertiary/aromatic N) is 2. The van der Waals surface area contributed by atoms with Crippen LogP contribution < -0.4 is 14.8 Å². The lowest BCUT2D eigenvalue weighted by atomic mass is 10.0. The highest BCUT2D eigenvalue weighted by Gasteiger charge is 2.12. The van der Waals surface area contributed by atoms with Gasteiger partial charge < -0.3 is 14.8 Å². The van der Waals surface area contributed by atoms with Gasteiger partial charge in [0, 0.05) is 22.8 Å². The molecule has 148 valence electrons. The van der Waals surface area contributed by atoms with E-state index < -0.39 is 0 Å². The highest BCUT2D eigenvalue weighted by molar-refractivity contribution is 7.11. The van der Waals surface area contributed by atoms with E-state index in [1.54, 1.807) is 20.4 Å². The topological polar surface area (TPSA) is 67.2 Å². The number of rotatable bonds is 7. The summed E-state index contributed by atoms with van der Waals surface area (Å²) in [5.74, 6) is 1.79. The third-order valence-corrected chi connectivity index (χ3v) is 5.37. The van der Waals surface area contributed by atoms with Gasteiger partial charge in [0.2, 0.25) is 0 Å². The molecule has 0 unspecified atom stereocenters. The fraction of sp³-hybridized carbons (Fsp3) is 0.217. The van der Waals surface area contributed by atoms with Crippen LogP contribution in [-0.2, 0) is 0 Å². The number of benzene rings is 2. The van der Waals surface area contributed by atoms with Crippen molar-refractivity contribution in [1.29, 1.82) is 5.26 Å². The summed E-state index contributed by atoms with van der Waals surface area (Å²) in [6.07, 6.45) is 1.70. The second-order valence-corrected chi connectivity index (χ2v) is 7.56. The molecule has 0 saturated heterocycles. The van der Waals surface area contributed by atoms with Gasteiger partial charge >= 0.3 is 0 Å². The van der Waals surface area contributed by atoms with Gasteiger partial charge in [-0.25, -0.2) is 4.98 Å². The maximum atomic E-state index is 9.58. The molecular weight excluding hydrogens is 382 g/mol. The molecule has 1 heterocycles. The van der Waals surface area contributed by atoms with Gasteiger partial charge in [-0.3, -0.25) is 0 Å². The molecule has 0 radical (unpaired) electrons. The Hall–Kier alpha value is -3.30. The Kier molecular flexibility index (Phi) is 6.53. The Balaban J connectivity index is 1.80. The molecule has 0 aliphatic heterocycles. The molecule has 6 heteroatoms. The van der Waals surface area contributed by atoms with Crippen LogP contribution in [0, 0.1) is 11.3 Å². The third-order valence-electron chi connectivity index (χ3n) is 4.49. The van der Waals surface area contributed by atoms with E-state index in [1.807, 2.05) is 35.7 Å². The first kappa shape index (κ1) is 20.4. The average Bonchev–Trinajstić information content (AvgIpc) is 3.24. The zero-order valence-corrected chi connectivity index (χ0v) is 17.7. The van der Waals surface area contributed by atoms with E-state index in [1.165, 1.54) is 16.9 Å². The van der Waals surface area contributed by atoms with Crippen molar-refractivity contribution in [2.24, 2.45) is 0 Å². The number of methoxy groups -OCH3 is 2. The van der Waals surface area contributed by atoms with Gasteiger partial charge in [-0.2, -0.15) is 5.26 Å². The van der Waals surface area contributed by atoms with Crippen LogP contribution in [0.5, 0.6) is 11.5 Å². The minimum atomic E-state index is 0.481. The summed E-state index contributed by atoms with van der Waals surface area (Å²) >= 11 is 1.43. The summed E-state index contributed by atoms with van der Waals surface area (Å²) < 4.78 is 10.6. The zero-order valence-electron chi connectivity index (χ0n) is 16.9. The monoisotopic (exact) mass is 405 g/mol. The van der Waals surface area contributed by atoms with Crippen molar-refractivity contribution < 1.29 is 9.47 Å². The van der Waals surface area contributed by atoms with Gasteiger partial charge in [-0.15, -0.1) is 11.3 Å². The molecule has 29 heavy (non-hydrogen) atoms. The van der Waals surface area contributed by atoms with Crippen LogP contribution in [0.1, 0.15) is 30.3 Å². The van der Waals surface area contributed by atoms with Crippen LogP contribution in [0.15, 0.2) is 54.0 Å². The van der Waals surface area contributed by atoms with Gasteiger partial charge in [0.15, 0.2) is 11.5 Å². The Morgan fingerprint density at radius 1 is 1.10 bits per heavy atom. The molecule has 5 nitrogen and oxygen atoms in total. The van der Waals surface area contributed by atoms with Crippen LogP contribution in [0.25, 0.3) is 16.8 Å². The Labute approximate surface area is 175 Å². The number of ether oxygens (including phenoxy) is 2. The first-order valence-electron chi connectivity index (χ1n) is 9.20. The highest BCUT2D eigenvalue weighted by atomic mass is 32.1. The second kappa shape index (κ2) is 9.26.